The minimum Gasteiger partial charge on any atom is -0.503 e. The maximum atomic E-state index is 13.2. The third-order valence-corrected chi connectivity index (χ3v) is 8.45. The van der Waals surface area contributed by atoms with Gasteiger partial charge in [0.2, 0.25) is 11.0 Å². The molecule has 0 aromatic carbocycles. The van der Waals surface area contributed by atoms with Gasteiger partial charge in [-0.15, -0.1) is 23.1 Å². The first-order valence-electron chi connectivity index (χ1n) is 12.8. The largest absolute Gasteiger partial charge is 0.503 e. The van der Waals surface area contributed by atoms with E-state index in [1.807, 2.05) is 0 Å². The number of carbonyl (C=O) groups excluding carboxylic acids is 3. The average Bonchev–Trinajstić information content (AvgIpc) is 3.41. The zero-order valence-electron chi connectivity index (χ0n) is 23.7. The van der Waals surface area contributed by atoms with Crippen LogP contribution in [0, 0.1) is 0 Å². The minimum absolute atomic E-state index is 0.0328. The number of β-lactam (4-membered cyclic amide) rings is 1. The topological polar surface area (TPSA) is 253 Å². The number of oxime groups is 1. The van der Waals surface area contributed by atoms with Crippen LogP contribution >= 0.6 is 23.1 Å². The predicted molar refractivity (Wildman–Crippen MR) is 159 cm³/mol. The molecule has 2 aliphatic rings. The number of nitrogen functional groups attached to an aromatic ring is 1. The van der Waals surface area contributed by atoms with E-state index >= 15 is 0 Å². The molecular weight excluding hydrogens is 636 g/mol. The van der Waals surface area contributed by atoms with Gasteiger partial charge in [-0.25, -0.2) is 14.6 Å². The number of nitrogens with zero attached hydrogens (tertiary/aromatic N) is 4. The number of thioether (sulfide) groups is 1. The van der Waals surface area contributed by atoms with Crippen molar-refractivity contribution < 1.29 is 48.9 Å². The Labute approximate surface area is 261 Å². The number of aromatic hydroxyl groups is 1. The van der Waals surface area contributed by atoms with Gasteiger partial charge in [0.25, 0.3) is 11.8 Å². The Morgan fingerprint density at radius 3 is 2.56 bits per heavy atom. The Hall–Kier alpha value is -5.17. The van der Waals surface area contributed by atoms with Gasteiger partial charge in [0, 0.05) is 22.9 Å². The quantitative estimate of drug-likeness (QED) is 0.0905. The highest BCUT2D eigenvalue weighted by Gasteiger charge is 2.54. The van der Waals surface area contributed by atoms with E-state index in [1.165, 1.54) is 35.9 Å². The van der Waals surface area contributed by atoms with Crippen LogP contribution in [0.5, 0.6) is 5.75 Å². The average molecular weight is 663 g/mol. The standard InChI is InChI=1S/C26H26N6O11S2/c1-26(2,24(40)41)43-30-17(13-10-45-25(27)28-13)20(36)29-18-21(37)32-19(23(38)39)11(9-44-22(18)32)4-5-12-6-14(33)15(34)7-31(12)8-16(35)42-3/h4-7,10,18,22,34H,8-9H2,1-3H3,(H2,27,28)(H,29,36)(H,38,39)(H,40,41)/t18-,22-/m1/s1. The number of amides is 2. The molecule has 2 atom stereocenters. The number of carboxylic acids is 2. The summed E-state index contributed by atoms with van der Waals surface area (Å²) in [5.74, 6) is -5.69. The van der Waals surface area contributed by atoms with Crippen molar-refractivity contribution in [1.82, 2.24) is 19.8 Å². The molecule has 0 aliphatic carbocycles. The van der Waals surface area contributed by atoms with Gasteiger partial charge in [0.05, 0.1) is 13.3 Å². The fourth-order valence-corrected chi connectivity index (χ4v) is 5.89. The summed E-state index contributed by atoms with van der Waals surface area (Å²) in [6.07, 6.45) is 3.76. The van der Waals surface area contributed by atoms with Crippen LogP contribution in [0.1, 0.15) is 25.2 Å². The highest BCUT2D eigenvalue weighted by molar-refractivity contribution is 8.00. The Morgan fingerprint density at radius 2 is 1.96 bits per heavy atom. The molecule has 0 bridgehead atoms. The number of fused-ring (bicyclic) bond motifs is 1. The van der Waals surface area contributed by atoms with Gasteiger partial charge in [-0.1, -0.05) is 11.2 Å². The number of allylic oxidation sites excluding steroid dienone is 1. The SMILES string of the molecule is COC(=O)Cn1cc(O)c(=O)cc1C=CC1=C(C(=O)O)N2C(=O)[C@@H](NC(=O)C(=NOC(C)(C)C(=O)O)c3csc(N)n3)[C@H]2SC1. The van der Waals surface area contributed by atoms with Crippen LogP contribution in [0.25, 0.3) is 6.08 Å². The number of thiazole rings is 1. The number of carbonyl (C=O) groups is 5. The maximum Gasteiger partial charge on any atom is 0.352 e. The fraction of sp³-hybridized carbons (Fsp3) is 0.308. The Bertz CT molecular complexity index is 1740. The lowest BCUT2D eigenvalue weighted by atomic mass is 10.0. The van der Waals surface area contributed by atoms with Crippen molar-refractivity contribution in [2.45, 2.75) is 37.4 Å². The van der Waals surface area contributed by atoms with Crippen LogP contribution in [0.4, 0.5) is 5.13 Å². The zero-order chi connectivity index (χ0) is 33.2. The first-order valence-corrected chi connectivity index (χ1v) is 14.7. The van der Waals surface area contributed by atoms with Gasteiger partial charge in [-0.05, 0) is 25.5 Å². The molecule has 2 aromatic heterocycles. The smallest absolute Gasteiger partial charge is 0.352 e. The molecule has 6 N–H and O–H groups in total. The van der Waals surface area contributed by atoms with Crippen LogP contribution < -0.4 is 16.5 Å². The fourth-order valence-electron chi connectivity index (χ4n) is 4.03. The molecule has 17 nitrogen and oxygen atoms in total. The third-order valence-electron chi connectivity index (χ3n) is 6.47. The van der Waals surface area contributed by atoms with Gasteiger partial charge in [0.15, 0.2) is 16.6 Å². The molecule has 4 rings (SSSR count). The lowest BCUT2D eigenvalue weighted by molar-refractivity contribution is -0.161. The highest BCUT2D eigenvalue weighted by atomic mass is 32.2. The van der Waals surface area contributed by atoms with E-state index in [2.05, 4.69) is 20.2 Å². The first kappa shape index (κ1) is 32.7. The molecule has 1 saturated heterocycles. The summed E-state index contributed by atoms with van der Waals surface area (Å²) in [6.45, 7) is 2.07. The van der Waals surface area contributed by atoms with Gasteiger partial charge >= 0.3 is 17.9 Å². The number of aromatic nitrogens is 2. The lowest BCUT2D eigenvalue weighted by Gasteiger charge is -2.49. The summed E-state index contributed by atoms with van der Waals surface area (Å²) < 4.78 is 5.86. The first-order chi connectivity index (χ1) is 21.1. The summed E-state index contributed by atoms with van der Waals surface area (Å²) in [7, 11) is 1.16. The van der Waals surface area contributed by atoms with Crippen LogP contribution in [0.2, 0.25) is 0 Å². The van der Waals surface area contributed by atoms with E-state index in [0.717, 1.165) is 47.4 Å². The van der Waals surface area contributed by atoms with Crippen molar-refractivity contribution in [2.75, 3.05) is 18.6 Å². The maximum absolute atomic E-state index is 13.2. The molecule has 1 fully saturated rings. The second-order valence-corrected chi connectivity index (χ2v) is 11.9. The molecule has 0 spiro atoms. The number of carboxylic acid groups (broad SMARTS) is 2. The summed E-state index contributed by atoms with van der Waals surface area (Å²) in [4.78, 5) is 84.1. The molecule has 238 valence electrons. The number of hydrogen-bond acceptors (Lipinski definition) is 14. The van der Waals surface area contributed by atoms with Crippen LogP contribution in [-0.2, 0) is 40.1 Å². The number of methoxy groups -OCH3 is 1. The summed E-state index contributed by atoms with van der Waals surface area (Å²) in [5.41, 5.74) is 2.62. The number of anilines is 1. The number of nitrogens with one attached hydrogen (secondary N) is 1. The molecule has 0 radical (unpaired) electrons. The van der Waals surface area contributed by atoms with Crippen molar-refractivity contribution in [3.8, 4) is 5.75 Å². The van der Waals surface area contributed by atoms with Crippen LogP contribution in [0.15, 0.2) is 44.9 Å². The minimum atomic E-state index is -1.81. The zero-order valence-corrected chi connectivity index (χ0v) is 25.4. The Balaban J connectivity index is 1.59. The number of aliphatic carboxylic acids is 2. The summed E-state index contributed by atoms with van der Waals surface area (Å²) in [5, 5.41) is 35.9. The number of ether oxygens (including phenoxy) is 1. The molecule has 2 aliphatic heterocycles. The molecule has 45 heavy (non-hydrogen) atoms. The van der Waals surface area contributed by atoms with E-state index in [0.29, 0.717) is 0 Å². The van der Waals surface area contributed by atoms with Gasteiger partial charge < -0.3 is 40.5 Å². The van der Waals surface area contributed by atoms with Crippen molar-refractivity contribution in [2.24, 2.45) is 5.16 Å². The summed E-state index contributed by atoms with van der Waals surface area (Å²) >= 11 is 2.12. The molecule has 0 unspecified atom stereocenters. The Morgan fingerprint density at radius 1 is 1.24 bits per heavy atom. The highest BCUT2D eigenvalue weighted by Crippen LogP contribution is 2.41. The van der Waals surface area contributed by atoms with Gasteiger partial charge in [-0.3, -0.25) is 24.1 Å². The van der Waals surface area contributed by atoms with Gasteiger partial charge in [0.1, 0.15) is 29.4 Å². The number of nitrogens with two attached hydrogens (primary N) is 1. The number of hydrogen-bond donors (Lipinski definition) is 5. The van der Waals surface area contributed by atoms with Crippen molar-refractivity contribution in [3.05, 3.63) is 56.6 Å². The number of rotatable bonds is 11. The molecule has 2 aromatic rings. The van der Waals surface area contributed by atoms with E-state index in [-0.39, 0.29) is 40.1 Å². The van der Waals surface area contributed by atoms with Crippen LogP contribution in [0.3, 0.4) is 0 Å². The summed E-state index contributed by atoms with van der Waals surface area (Å²) in [6, 6.07) is -0.135. The van der Waals surface area contributed by atoms with E-state index in [1.54, 1.807) is 0 Å². The van der Waals surface area contributed by atoms with Crippen molar-refractivity contribution in [1.29, 1.82) is 0 Å². The molecular formula is C26H26N6O11S2. The second-order valence-electron chi connectivity index (χ2n) is 9.94. The van der Waals surface area contributed by atoms with Gasteiger partial charge in [-0.2, -0.15) is 0 Å². The van der Waals surface area contributed by atoms with E-state index in [4.69, 9.17) is 10.6 Å². The van der Waals surface area contributed by atoms with Crippen LogP contribution in [-0.4, -0.2) is 95.1 Å². The number of pyridine rings is 1. The number of esters is 1. The van der Waals surface area contributed by atoms with E-state index < -0.39 is 63.6 Å². The molecule has 19 heteroatoms. The molecule has 4 heterocycles. The normalized spacial score (nSPS) is 18.3. The van der Waals surface area contributed by atoms with Crippen molar-refractivity contribution >= 4 is 69.7 Å². The monoisotopic (exact) mass is 662 g/mol. The Kier molecular flexibility index (Phi) is 9.33. The molecule has 2 amide bonds. The predicted octanol–water partition coefficient (Wildman–Crippen LogP) is -0.198. The third kappa shape index (κ3) is 6.83. The second kappa shape index (κ2) is 12.8. The van der Waals surface area contributed by atoms with Crippen molar-refractivity contribution in [3.63, 3.8) is 0 Å². The lowest BCUT2D eigenvalue weighted by Crippen LogP contribution is -2.71. The van der Waals surface area contributed by atoms with E-state index in [9.17, 15) is 44.1 Å². The molecule has 0 saturated carbocycles.